The van der Waals surface area contributed by atoms with Gasteiger partial charge in [0.1, 0.15) is 6.04 Å². The third-order valence-electron chi connectivity index (χ3n) is 6.13. The molecule has 0 saturated carbocycles. The standard InChI is InChI=1S/C30H35ClN2O2S/c1-4-23(3)32-30(35)28(18-24-9-6-5-7-10-24)33(19-25-15-13-22(2)14-16-25)29(34)21-36-20-26-11-8-12-27(31)17-26/h5-17,23,28H,4,18-21H2,1-3H3,(H,32,35)/t23-,28+/m0/s1. The van der Waals surface area contributed by atoms with Crippen LogP contribution in [0.25, 0.3) is 0 Å². The Morgan fingerprint density at radius 3 is 2.31 bits per heavy atom. The van der Waals surface area contributed by atoms with E-state index in [0.29, 0.717) is 23.7 Å². The number of hydrogen-bond donors (Lipinski definition) is 1. The van der Waals surface area contributed by atoms with Gasteiger partial charge in [0.15, 0.2) is 0 Å². The molecule has 3 aromatic carbocycles. The van der Waals surface area contributed by atoms with Crippen LogP contribution >= 0.6 is 23.4 Å². The molecule has 3 aromatic rings. The minimum Gasteiger partial charge on any atom is -0.352 e. The van der Waals surface area contributed by atoms with Crippen LogP contribution in [-0.2, 0) is 28.3 Å². The van der Waals surface area contributed by atoms with Crippen molar-refractivity contribution in [1.29, 1.82) is 0 Å². The molecule has 0 heterocycles. The molecule has 0 spiro atoms. The van der Waals surface area contributed by atoms with E-state index < -0.39 is 6.04 Å². The summed E-state index contributed by atoms with van der Waals surface area (Å²) in [6.45, 7) is 6.45. The Morgan fingerprint density at radius 2 is 1.64 bits per heavy atom. The Hall–Kier alpha value is -2.76. The molecule has 0 bridgehead atoms. The van der Waals surface area contributed by atoms with E-state index in [1.54, 1.807) is 4.90 Å². The Kier molecular flexibility index (Phi) is 10.9. The maximum Gasteiger partial charge on any atom is 0.243 e. The molecule has 0 aliphatic carbocycles. The lowest BCUT2D eigenvalue weighted by Crippen LogP contribution is -2.52. The molecule has 0 unspecified atom stereocenters. The quantitative estimate of drug-likeness (QED) is 0.298. The fraction of sp³-hybridized carbons (Fsp3) is 0.333. The zero-order valence-corrected chi connectivity index (χ0v) is 22.8. The zero-order valence-electron chi connectivity index (χ0n) is 21.2. The molecule has 0 radical (unpaired) electrons. The zero-order chi connectivity index (χ0) is 25.9. The van der Waals surface area contributed by atoms with Gasteiger partial charge in [0.2, 0.25) is 11.8 Å². The molecular weight excluding hydrogens is 488 g/mol. The van der Waals surface area contributed by atoms with E-state index in [9.17, 15) is 9.59 Å². The van der Waals surface area contributed by atoms with Crippen molar-refractivity contribution in [2.24, 2.45) is 0 Å². The van der Waals surface area contributed by atoms with Crippen LogP contribution in [0.15, 0.2) is 78.9 Å². The van der Waals surface area contributed by atoms with Gasteiger partial charge in [-0.1, -0.05) is 90.8 Å². The molecule has 4 nitrogen and oxygen atoms in total. The molecule has 36 heavy (non-hydrogen) atoms. The van der Waals surface area contributed by atoms with E-state index in [2.05, 4.69) is 5.32 Å². The maximum atomic E-state index is 13.7. The van der Waals surface area contributed by atoms with Crippen LogP contribution in [0.2, 0.25) is 5.02 Å². The smallest absolute Gasteiger partial charge is 0.243 e. The van der Waals surface area contributed by atoms with Crippen LogP contribution in [0.4, 0.5) is 0 Å². The van der Waals surface area contributed by atoms with Crippen molar-refractivity contribution in [1.82, 2.24) is 10.2 Å². The summed E-state index contributed by atoms with van der Waals surface area (Å²) < 4.78 is 0. The first-order valence-electron chi connectivity index (χ1n) is 12.4. The molecule has 1 N–H and O–H groups in total. The molecule has 3 rings (SSSR count). The number of carbonyl (C=O) groups is 2. The van der Waals surface area contributed by atoms with Crippen LogP contribution in [0, 0.1) is 6.92 Å². The van der Waals surface area contributed by atoms with Crippen molar-refractivity contribution >= 4 is 35.2 Å². The molecule has 6 heteroatoms. The minimum absolute atomic E-state index is 0.0318. The molecule has 0 fully saturated rings. The van der Waals surface area contributed by atoms with E-state index in [1.807, 2.05) is 99.6 Å². The second-order valence-corrected chi connectivity index (χ2v) is 10.6. The highest BCUT2D eigenvalue weighted by molar-refractivity contribution is 7.99. The Bertz CT molecular complexity index is 1120. The molecule has 0 saturated heterocycles. The van der Waals surface area contributed by atoms with Gasteiger partial charge in [-0.3, -0.25) is 9.59 Å². The van der Waals surface area contributed by atoms with Gasteiger partial charge in [0.05, 0.1) is 5.75 Å². The summed E-state index contributed by atoms with van der Waals surface area (Å²) in [7, 11) is 0. The molecular formula is C30H35ClN2O2S. The number of rotatable bonds is 12. The summed E-state index contributed by atoms with van der Waals surface area (Å²) in [4.78, 5) is 28.9. The summed E-state index contributed by atoms with van der Waals surface area (Å²) in [6, 6.07) is 25.1. The van der Waals surface area contributed by atoms with E-state index >= 15 is 0 Å². The Labute approximate surface area is 224 Å². The number of halogens is 1. The molecule has 0 aliphatic heterocycles. The minimum atomic E-state index is -0.609. The third kappa shape index (κ3) is 8.72. The normalized spacial score (nSPS) is 12.6. The van der Waals surface area contributed by atoms with Gasteiger partial charge in [-0.2, -0.15) is 0 Å². The summed E-state index contributed by atoms with van der Waals surface area (Å²) in [5.74, 6) is 0.782. The van der Waals surface area contributed by atoms with Gasteiger partial charge in [0, 0.05) is 29.8 Å². The first-order chi connectivity index (χ1) is 17.4. The number of nitrogens with zero attached hydrogens (tertiary/aromatic N) is 1. The van der Waals surface area contributed by atoms with E-state index in [0.717, 1.165) is 28.7 Å². The summed E-state index contributed by atoms with van der Waals surface area (Å²) in [5.41, 5.74) is 4.25. The van der Waals surface area contributed by atoms with E-state index in [4.69, 9.17) is 11.6 Å². The van der Waals surface area contributed by atoms with Crippen molar-refractivity contribution in [2.45, 2.75) is 58.0 Å². The second kappa shape index (κ2) is 14.1. The van der Waals surface area contributed by atoms with E-state index in [1.165, 1.54) is 11.8 Å². The molecule has 0 aromatic heterocycles. The predicted molar refractivity (Wildman–Crippen MR) is 151 cm³/mol. The number of nitrogens with one attached hydrogen (secondary N) is 1. The van der Waals surface area contributed by atoms with Crippen molar-refractivity contribution < 1.29 is 9.59 Å². The maximum absolute atomic E-state index is 13.7. The predicted octanol–water partition coefficient (Wildman–Crippen LogP) is 6.44. The lowest BCUT2D eigenvalue weighted by Gasteiger charge is -2.32. The first-order valence-corrected chi connectivity index (χ1v) is 13.9. The number of hydrogen-bond acceptors (Lipinski definition) is 3. The fourth-order valence-electron chi connectivity index (χ4n) is 3.85. The third-order valence-corrected chi connectivity index (χ3v) is 7.35. The average molecular weight is 523 g/mol. The van der Waals surface area contributed by atoms with Gasteiger partial charge >= 0.3 is 0 Å². The van der Waals surface area contributed by atoms with Gasteiger partial charge < -0.3 is 10.2 Å². The monoisotopic (exact) mass is 522 g/mol. The lowest BCUT2D eigenvalue weighted by molar-refractivity contribution is -0.139. The van der Waals surface area contributed by atoms with Crippen LogP contribution in [-0.4, -0.2) is 34.6 Å². The lowest BCUT2D eigenvalue weighted by atomic mass is 10.0. The topological polar surface area (TPSA) is 49.4 Å². The van der Waals surface area contributed by atoms with Crippen LogP contribution in [0.5, 0.6) is 0 Å². The van der Waals surface area contributed by atoms with Crippen molar-refractivity contribution in [2.75, 3.05) is 5.75 Å². The number of benzene rings is 3. The number of thioether (sulfide) groups is 1. The largest absolute Gasteiger partial charge is 0.352 e. The van der Waals surface area contributed by atoms with Crippen LogP contribution < -0.4 is 5.32 Å². The van der Waals surface area contributed by atoms with Gasteiger partial charge in [-0.05, 0) is 49.1 Å². The van der Waals surface area contributed by atoms with Gasteiger partial charge in [-0.15, -0.1) is 11.8 Å². The molecule has 190 valence electrons. The second-order valence-electron chi connectivity index (χ2n) is 9.15. The van der Waals surface area contributed by atoms with E-state index in [-0.39, 0.29) is 23.6 Å². The first kappa shape index (κ1) is 27.8. The fourth-order valence-corrected chi connectivity index (χ4v) is 4.92. The van der Waals surface area contributed by atoms with Crippen molar-refractivity contribution in [3.63, 3.8) is 0 Å². The number of aryl methyl sites for hydroxylation is 1. The van der Waals surface area contributed by atoms with Crippen molar-refractivity contribution in [3.05, 3.63) is 106 Å². The number of amides is 2. The van der Waals surface area contributed by atoms with Crippen molar-refractivity contribution in [3.8, 4) is 0 Å². The SMILES string of the molecule is CC[C@H](C)NC(=O)[C@@H](Cc1ccccc1)N(Cc1ccc(C)cc1)C(=O)CSCc1cccc(Cl)c1. The van der Waals surface area contributed by atoms with Gasteiger partial charge in [-0.25, -0.2) is 0 Å². The average Bonchev–Trinajstić information content (AvgIpc) is 2.87. The summed E-state index contributed by atoms with van der Waals surface area (Å²) in [5, 5.41) is 3.80. The highest BCUT2D eigenvalue weighted by atomic mass is 35.5. The Morgan fingerprint density at radius 1 is 0.944 bits per heavy atom. The highest BCUT2D eigenvalue weighted by Gasteiger charge is 2.30. The summed E-state index contributed by atoms with van der Waals surface area (Å²) >= 11 is 7.65. The number of carbonyl (C=O) groups excluding carboxylic acids is 2. The molecule has 2 amide bonds. The van der Waals surface area contributed by atoms with Crippen LogP contribution in [0.3, 0.4) is 0 Å². The molecule has 2 atom stereocenters. The van der Waals surface area contributed by atoms with Crippen LogP contribution in [0.1, 0.15) is 42.5 Å². The van der Waals surface area contributed by atoms with Gasteiger partial charge in [0.25, 0.3) is 0 Å². The summed E-state index contributed by atoms with van der Waals surface area (Å²) in [6.07, 6.45) is 1.28. The Balaban J connectivity index is 1.85. The highest BCUT2D eigenvalue weighted by Crippen LogP contribution is 2.20. The molecule has 0 aliphatic rings.